The number of piperidine rings is 2. The monoisotopic (exact) mass is 812 g/mol. The van der Waals surface area contributed by atoms with Crippen LogP contribution in [0.1, 0.15) is 35.1 Å². The molecule has 10 rings (SSSR count). The molecule has 10 atom stereocenters. The Morgan fingerprint density at radius 3 is 1.33 bits per heavy atom. The van der Waals surface area contributed by atoms with E-state index in [1.807, 2.05) is 24.3 Å². The van der Waals surface area contributed by atoms with E-state index in [1.54, 1.807) is 14.2 Å². The average molecular weight is 813 g/mol. The Morgan fingerprint density at radius 2 is 1.00 bits per heavy atom. The van der Waals surface area contributed by atoms with Gasteiger partial charge in [0.25, 0.3) is 0 Å². The maximum absolute atomic E-state index is 10.6. The fraction of sp³-hybridized carbons (Fsp3) is 0.556. The van der Waals surface area contributed by atoms with Crippen LogP contribution in [-0.2, 0) is 32.8 Å². The molecule has 2 saturated heterocycles. The lowest BCUT2D eigenvalue weighted by Crippen LogP contribution is -2.64. The molecular weight excluding hydrogens is 762 g/mol. The second kappa shape index (κ2) is 14.8. The SMILES string of the molecule is COc1ccc2c3c1OC1C(O)C=CC4C(C2)N(C)CCC341.COc1ccc2c3c1OC1C(O)C=CC4C(C2)N(C)CCC341.O.O=P(O)(O)O.O=P(O)(O)O. The molecule has 10 N–H and O–H groups in total. The van der Waals surface area contributed by atoms with Crippen molar-refractivity contribution in [3.63, 3.8) is 0 Å². The third-order valence-corrected chi connectivity index (χ3v) is 12.7. The highest BCUT2D eigenvalue weighted by molar-refractivity contribution is 7.45. The van der Waals surface area contributed by atoms with E-state index in [0.717, 1.165) is 61.8 Å². The summed E-state index contributed by atoms with van der Waals surface area (Å²) in [5.41, 5.74) is 5.21. The number of aliphatic hydroxyl groups excluding tert-OH is 2. The van der Waals surface area contributed by atoms with Crippen LogP contribution in [0.5, 0.6) is 23.0 Å². The molecule has 2 spiro atoms. The standard InChI is InChI=1S/2C18H21NO3.2H3O4P.H2O/c2*1-19-8-7-18-11-4-5-13(20)17(18)22-16-14(21-2)6-3-10(15(16)18)9-12(11)19;2*1-5(2,3)4;/h2*3-6,11-13,17,20H,7-9H2,1-2H3;2*(H3,1,2,3,4);1H2. The van der Waals surface area contributed by atoms with Gasteiger partial charge in [0, 0.05) is 45.9 Å². The molecule has 0 radical (unpaired) electrons. The molecule has 0 saturated carbocycles. The van der Waals surface area contributed by atoms with Gasteiger partial charge >= 0.3 is 15.6 Å². The van der Waals surface area contributed by atoms with Crippen molar-refractivity contribution in [2.24, 2.45) is 11.8 Å². The van der Waals surface area contributed by atoms with Gasteiger partial charge in [0.15, 0.2) is 23.0 Å². The number of phosphoric acid groups is 2. The summed E-state index contributed by atoms with van der Waals surface area (Å²) in [5, 5.41) is 21.1. The van der Waals surface area contributed by atoms with Gasteiger partial charge in [-0.3, -0.25) is 0 Å². The summed E-state index contributed by atoms with van der Waals surface area (Å²) >= 11 is 0. The van der Waals surface area contributed by atoms with Crippen molar-refractivity contribution < 1.29 is 73.1 Å². The van der Waals surface area contributed by atoms with Gasteiger partial charge in [0.05, 0.1) is 14.2 Å². The van der Waals surface area contributed by atoms with E-state index in [0.29, 0.717) is 23.9 Å². The Hall–Kier alpha value is -2.86. The van der Waals surface area contributed by atoms with Gasteiger partial charge in [-0.05, 0) is 76.1 Å². The van der Waals surface area contributed by atoms with E-state index >= 15 is 0 Å². The molecule has 304 valence electrons. The second-order valence-corrected chi connectivity index (χ2v) is 17.3. The number of benzene rings is 2. The van der Waals surface area contributed by atoms with Gasteiger partial charge < -0.3 is 73.8 Å². The summed E-state index contributed by atoms with van der Waals surface area (Å²) < 4.78 is 41.4. The normalized spacial score (nSPS) is 35.0. The number of aliphatic hydroxyl groups is 2. The Kier molecular flexibility index (Phi) is 11.3. The minimum atomic E-state index is -4.64. The zero-order valence-electron chi connectivity index (χ0n) is 30.8. The number of hydrogen-bond donors (Lipinski definition) is 8. The van der Waals surface area contributed by atoms with Crippen LogP contribution in [-0.4, -0.2) is 133 Å². The molecule has 10 unspecified atom stereocenters. The zero-order chi connectivity index (χ0) is 39.1. The third-order valence-electron chi connectivity index (χ3n) is 12.7. The van der Waals surface area contributed by atoms with E-state index in [9.17, 15) is 10.2 Å². The summed E-state index contributed by atoms with van der Waals surface area (Å²) in [6.45, 7) is 2.11. The number of ether oxygens (including phenoxy) is 4. The molecule has 0 amide bonds. The number of likely N-dealkylation sites (tertiary alicyclic amines) is 2. The van der Waals surface area contributed by atoms with Gasteiger partial charge in [0.2, 0.25) is 0 Å². The van der Waals surface area contributed by atoms with Crippen LogP contribution in [0.3, 0.4) is 0 Å². The second-order valence-electron chi connectivity index (χ2n) is 15.3. The van der Waals surface area contributed by atoms with Crippen LogP contribution in [0, 0.1) is 11.8 Å². The van der Waals surface area contributed by atoms with Gasteiger partial charge in [-0.1, -0.05) is 36.4 Å². The van der Waals surface area contributed by atoms with E-state index in [-0.39, 0.29) is 28.5 Å². The molecular formula is C36H50N2O15P2. The van der Waals surface area contributed by atoms with E-state index < -0.39 is 27.9 Å². The first-order chi connectivity index (χ1) is 25.3. The van der Waals surface area contributed by atoms with Crippen molar-refractivity contribution in [3.05, 3.63) is 70.8 Å². The molecule has 4 bridgehead atoms. The summed E-state index contributed by atoms with van der Waals surface area (Å²) in [6, 6.07) is 9.40. The van der Waals surface area contributed by atoms with Crippen molar-refractivity contribution in [1.82, 2.24) is 9.80 Å². The van der Waals surface area contributed by atoms with Gasteiger partial charge in [-0.25, -0.2) is 9.13 Å². The number of likely N-dealkylation sites (N-methyl/N-ethyl adjacent to an activating group) is 2. The summed E-state index contributed by atoms with van der Waals surface area (Å²) in [7, 11) is -1.46. The summed E-state index contributed by atoms with van der Waals surface area (Å²) in [5.74, 6) is 4.18. The summed E-state index contributed by atoms with van der Waals surface area (Å²) in [6.07, 6.45) is 11.1. The quantitative estimate of drug-likeness (QED) is 0.150. The van der Waals surface area contributed by atoms with Crippen molar-refractivity contribution in [2.45, 2.75) is 73.0 Å². The Balaban J connectivity index is 0.000000149. The molecule has 2 aromatic rings. The minimum absolute atomic E-state index is 0. The van der Waals surface area contributed by atoms with Crippen LogP contribution < -0.4 is 18.9 Å². The third kappa shape index (κ3) is 6.97. The lowest BCUT2D eigenvalue weighted by atomic mass is 9.53. The molecule has 17 nitrogen and oxygen atoms in total. The van der Waals surface area contributed by atoms with Crippen LogP contribution in [0.4, 0.5) is 0 Å². The number of hydrogen-bond acceptors (Lipinski definition) is 10. The van der Waals surface area contributed by atoms with Crippen LogP contribution in [0.15, 0.2) is 48.6 Å². The smallest absolute Gasteiger partial charge is 0.466 e. The molecule has 19 heteroatoms. The first-order valence-corrected chi connectivity index (χ1v) is 20.9. The van der Waals surface area contributed by atoms with E-state index in [4.69, 9.17) is 57.4 Å². The number of methoxy groups -OCH3 is 2. The molecule has 4 aliphatic heterocycles. The average Bonchev–Trinajstić information content (AvgIpc) is 3.63. The van der Waals surface area contributed by atoms with Gasteiger partial charge in [-0.15, -0.1) is 0 Å². The topological polar surface area (TPSA) is 271 Å². The van der Waals surface area contributed by atoms with Crippen LogP contribution >= 0.6 is 15.6 Å². The number of rotatable bonds is 2. The first-order valence-electron chi connectivity index (χ1n) is 17.8. The minimum Gasteiger partial charge on any atom is -0.493 e. The molecule has 2 fully saturated rings. The fourth-order valence-electron chi connectivity index (χ4n) is 10.8. The maximum Gasteiger partial charge on any atom is 0.466 e. The van der Waals surface area contributed by atoms with Gasteiger partial charge in [-0.2, -0.15) is 0 Å². The lowest BCUT2D eigenvalue weighted by molar-refractivity contribution is -0.0453. The van der Waals surface area contributed by atoms with Crippen molar-refractivity contribution >= 4 is 15.6 Å². The molecule has 2 aromatic carbocycles. The molecule has 0 aromatic heterocycles. The predicted molar refractivity (Wildman–Crippen MR) is 197 cm³/mol. The van der Waals surface area contributed by atoms with Crippen LogP contribution in [0.25, 0.3) is 0 Å². The Morgan fingerprint density at radius 1 is 0.655 bits per heavy atom. The largest absolute Gasteiger partial charge is 0.493 e. The van der Waals surface area contributed by atoms with E-state index in [2.05, 4.69) is 48.2 Å². The molecule has 8 aliphatic rings. The first kappa shape index (κ1) is 41.8. The van der Waals surface area contributed by atoms with Crippen molar-refractivity contribution in [3.8, 4) is 23.0 Å². The van der Waals surface area contributed by atoms with Crippen molar-refractivity contribution in [2.75, 3.05) is 41.4 Å². The highest BCUT2D eigenvalue weighted by atomic mass is 31.2. The molecule has 4 aliphatic carbocycles. The highest BCUT2D eigenvalue weighted by Gasteiger charge is 2.65. The molecule has 4 heterocycles. The van der Waals surface area contributed by atoms with Crippen molar-refractivity contribution in [1.29, 1.82) is 0 Å². The highest BCUT2D eigenvalue weighted by Crippen LogP contribution is 2.64. The van der Waals surface area contributed by atoms with Crippen LogP contribution in [0.2, 0.25) is 0 Å². The fourth-order valence-corrected chi connectivity index (χ4v) is 10.8. The zero-order valence-corrected chi connectivity index (χ0v) is 32.6. The van der Waals surface area contributed by atoms with E-state index in [1.165, 1.54) is 22.3 Å². The maximum atomic E-state index is 10.6. The predicted octanol–water partition coefficient (Wildman–Crippen LogP) is 0.320. The lowest BCUT2D eigenvalue weighted by Gasteiger charge is -2.56. The Labute approximate surface area is 318 Å². The molecule has 55 heavy (non-hydrogen) atoms. The Bertz CT molecular complexity index is 1800. The van der Waals surface area contributed by atoms with Gasteiger partial charge in [0.1, 0.15) is 24.4 Å². The summed E-state index contributed by atoms with van der Waals surface area (Å²) in [4.78, 5) is 48.1. The number of nitrogens with zero attached hydrogens (tertiary/aromatic N) is 2.